The average molecular weight is 235 g/mol. The van der Waals surface area contributed by atoms with E-state index in [-0.39, 0.29) is 0 Å². The van der Waals surface area contributed by atoms with Crippen LogP contribution < -0.4 is 5.32 Å². The quantitative estimate of drug-likeness (QED) is 0.764. The Morgan fingerprint density at radius 1 is 1.35 bits per heavy atom. The van der Waals surface area contributed by atoms with Gasteiger partial charge in [-0.15, -0.1) is 0 Å². The van der Waals surface area contributed by atoms with Crippen LogP contribution in [0.25, 0.3) is 0 Å². The van der Waals surface area contributed by atoms with Gasteiger partial charge >= 0.3 is 5.97 Å². The minimum Gasteiger partial charge on any atom is -0.480 e. The van der Waals surface area contributed by atoms with Gasteiger partial charge in [0.05, 0.1) is 0 Å². The van der Waals surface area contributed by atoms with Crippen molar-refractivity contribution in [1.29, 1.82) is 0 Å². The highest BCUT2D eigenvalue weighted by molar-refractivity contribution is 5.72. The number of nitrogens with one attached hydrogen (secondary N) is 1. The van der Waals surface area contributed by atoms with Crippen LogP contribution in [0.4, 0.5) is 0 Å². The van der Waals surface area contributed by atoms with E-state index in [9.17, 15) is 4.79 Å². The van der Waals surface area contributed by atoms with Crippen LogP contribution in [0.15, 0.2) is 30.3 Å². The van der Waals surface area contributed by atoms with Crippen molar-refractivity contribution in [3.8, 4) is 0 Å². The molecule has 3 heteroatoms. The zero-order valence-corrected chi connectivity index (χ0v) is 10.5. The van der Waals surface area contributed by atoms with Crippen LogP contribution in [-0.2, 0) is 4.79 Å². The van der Waals surface area contributed by atoms with Gasteiger partial charge in [0, 0.05) is 6.54 Å². The Bertz CT molecular complexity index is 337. The summed E-state index contributed by atoms with van der Waals surface area (Å²) < 4.78 is 0. The van der Waals surface area contributed by atoms with Crippen LogP contribution in [0.3, 0.4) is 0 Å². The van der Waals surface area contributed by atoms with E-state index in [0.717, 1.165) is 12.8 Å². The Hall–Kier alpha value is -1.35. The predicted molar refractivity (Wildman–Crippen MR) is 69.2 cm³/mol. The van der Waals surface area contributed by atoms with Crippen molar-refractivity contribution < 1.29 is 9.90 Å². The molecule has 2 atom stereocenters. The normalized spacial score (nSPS) is 14.2. The first kappa shape index (κ1) is 13.7. The number of hydrogen-bond acceptors (Lipinski definition) is 2. The van der Waals surface area contributed by atoms with Crippen molar-refractivity contribution >= 4 is 5.97 Å². The lowest BCUT2D eigenvalue weighted by Gasteiger charge is -2.19. The van der Waals surface area contributed by atoms with Gasteiger partial charge in [0.25, 0.3) is 0 Å². The number of carboxylic acid groups (broad SMARTS) is 1. The van der Waals surface area contributed by atoms with Crippen molar-refractivity contribution in [2.24, 2.45) is 0 Å². The number of hydrogen-bond donors (Lipinski definition) is 2. The Morgan fingerprint density at radius 2 is 2.00 bits per heavy atom. The van der Waals surface area contributed by atoms with Crippen LogP contribution in [0.5, 0.6) is 0 Å². The molecule has 1 aromatic carbocycles. The molecule has 0 aliphatic carbocycles. The van der Waals surface area contributed by atoms with E-state index in [4.69, 9.17) is 5.11 Å². The monoisotopic (exact) mass is 235 g/mol. The molecule has 2 N–H and O–H groups in total. The maximum absolute atomic E-state index is 10.7. The zero-order valence-electron chi connectivity index (χ0n) is 10.5. The molecule has 0 amide bonds. The first-order valence-corrected chi connectivity index (χ1v) is 6.16. The number of aliphatic carboxylic acids is 1. The Morgan fingerprint density at radius 3 is 2.53 bits per heavy atom. The Kier molecular flexibility index (Phi) is 5.70. The molecule has 17 heavy (non-hydrogen) atoms. The fraction of sp³-hybridized carbons (Fsp3) is 0.500. The molecule has 2 unspecified atom stereocenters. The lowest BCUT2D eigenvalue weighted by Crippen LogP contribution is -2.36. The van der Waals surface area contributed by atoms with Gasteiger partial charge in [0.1, 0.15) is 6.04 Å². The molecule has 0 saturated heterocycles. The van der Waals surface area contributed by atoms with Gasteiger partial charge in [-0.25, -0.2) is 0 Å². The second-order valence-corrected chi connectivity index (χ2v) is 4.36. The van der Waals surface area contributed by atoms with E-state index in [1.54, 1.807) is 6.92 Å². The van der Waals surface area contributed by atoms with Gasteiger partial charge in [0.2, 0.25) is 0 Å². The summed E-state index contributed by atoms with van der Waals surface area (Å²) in [7, 11) is 0. The Balaban J connectivity index is 2.58. The molecule has 94 valence electrons. The topological polar surface area (TPSA) is 49.3 Å². The smallest absolute Gasteiger partial charge is 0.320 e. The van der Waals surface area contributed by atoms with Gasteiger partial charge in [-0.1, -0.05) is 43.7 Å². The van der Waals surface area contributed by atoms with E-state index in [1.165, 1.54) is 5.56 Å². The lowest BCUT2D eigenvalue weighted by atomic mass is 9.94. The van der Waals surface area contributed by atoms with E-state index in [1.807, 2.05) is 18.2 Å². The lowest BCUT2D eigenvalue weighted by molar-refractivity contribution is -0.139. The third kappa shape index (κ3) is 4.57. The number of carbonyl (C=O) groups is 1. The summed E-state index contributed by atoms with van der Waals surface area (Å²) in [5, 5.41) is 11.9. The first-order chi connectivity index (χ1) is 8.15. The highest BCUT2D eigenvalue weighted by Gasteiger charge is 2.14. The largest absolute Gasteiger partial charge is 0.480 e. The first-order valence-electron chi connectivity index (χ1n) is 6.16. The number of carboxylic acids is 1. The molecule has 0 aliphatic rings. The molecule has 0 radical (unpaired) electrons. The third-order valence-corrected chi connectivity index (χ3v) is 2.95. The second-order valence-electron chi connectivity index (χ2n) is 4.36. The summed E-state index contributed by atoms with van der Waals surface area (Å²) >= 11 is 0. The fourth-order valence-corrected chi connectivity index (χ4v) is 1.87. The standard InChI is InChI=1S/C14H21NO2/c1-3-7-13(10-15-11(2)14(16)17)12-8-5-4-6-9-12/h4-6,8-9,11,13,15H,3,7,10H2,1-2H3,(H,16,17). The highest BCUT2D eigenvalue weighted by atomic mass is 16.4. The molecule has 0 fully saturated rings. The molecule has 0 heterocycles. The second kappa shape index (κ2) is 7.07. The van der Waals surface area contributed by atoms with Gasteiger partial charge in [-0.3, -0.25) is 4.79 Å². The van der Waals surface area contributed by atoms with Crippen molar-refractivity contribution in [2.45, 2.75) is 38.6 Å². The molecule has 0 saturated carbocycles. The maximum atomic E-state index is 10.7. The van der Waals surface area contributed by atoms with Crippen LogP contribution >= 0.6 is 0 Å². The molecule has 0 aliphatic heterocycles. The molecule has 0 spiro atoms. The highest BCUT2D eigenvalue weighted by Crippen LogP contribution is 2.20. The number of rotatable bonds is 7. The van der Waals surface area contributed by atoms with Crippen molar-refractivity contribution in [3.05, 3.63) is 35.9 Å². The van der Waals surface area contributed by atoms with E-state index < -0.39 is 12.0 Å². The summed E-state index contributed by atoms with van der Waals surface area (Å²) in [6.07, 6.45) is 2.17. The predicted octanol–water partition coefficient (Wildman–Crippen LogP) is 2.63. The molecule has 1 rings (SSSR count). The van der Waals surface area contributed by atoms with Crippen molar-refractivity contribution in [1.82, 2.24) is 5.32 Å². The maximum Gasteiger partial charge on any atom is 0.320 e. The van der Waals surface area contributed by atoms with Crippen LogP contribution in [0.2, 0.25) is 0 Å². The van der Waals surface area contributed by atoms with Crippen LogP contribution in [0, 0.1) is 0 Å². The minimum absolute atomic E-state index is 0.392. The molecule has 0 aromatic heterocycles. The van der Waals surface area contributed by atoms with E-state index in [0.29, 0.717) is 12.5 Å². The molecule has 0 bridgehead atoms. The van der Waals surface area contributed by atoms with Crippen molar-refractivity contribution in [3.63, 3.8) is 0 Å². The van der Waals surface area contributed by atoms with E-state index >= 15 is 0 Å². The van der Waals surface area contributed by atoms with Crippen LogP contribution in [0.1, 0.15) is 38.2 Å². The zero-order chi connectivity index (χ0) is 12.7. The minimum atomic E-state index is -0.798. The molecular weight excluding hydrogens is 214 g/mol. The van der Waals surface area contributed by atoms with Gasteiger partial charge in [-0.2, -0.15) is 0 Å². The summed E-state index contributed by atoms with van der Waals surface area (Å²) in [5.41, 5.74) is 1.28. The summed E-state index contributed by atoms with van der Waals surface area (Å²) in [4.78, 5) is 10.7. The summed E-state index contributed by atoms with van der Waals surface area (Å²) in [6.45, 7) is 4.54. The fourth-order valence-electron chi connectivity index (χ4n) is 1.87. The molecule has 1 aromatic rings. The molecular formula is C14H21NO2. The third-order valence-electron chi connectivity index (χ3n) is 2.95. The summed E-state index contributed by atoms with van der Waals surface area (Å²) in [5.74, 6) is -0.406. The SMILES string of the molecule is CCCC(CNC(C)C(=O)O)c1ccccc1. The van der Waals surface area contributed by atoms with Gasteiger partial charge in [-0.05, 0) is 24.8 Å². The van der Waals surface area contributed by atoms with Crippen LogP contribution in [-0.4, -0.2) is 23.7 Å². The van der Waals surface area contributed by atoms with E-state index in [2.05, 4.69) is 24.4 Å². The van der Waals surface area contributed by atoms with Gasteiger partial charge < -0.3 is 10.4 Å². The average Bonchev–Trinajstić information content (AvgIpc) is 2.35. The van der Waals surface area contributed by atoms with Gasteiger partial charge in [0.15, 0.2) is 0 Å². The van der Waals surface area contributed by atoms with Crippen molar-refractivity contribution in [2.75, 3.05) is 6.54 Å². The molecule has 3 nitrogen and oxygen atoms in total. The number of benzene rings is 1. The summed E-state index contributed by atoms with van der Waals surface area (Å²) in [6, 6.07) is 9.77. The Labute approximate surface area is 103 Å².